The lowest BCUT2D eigenvalue weighted by Crippen LogP contribution is -2.31. The molecule has 4 rings (SSSR count). The minimum absolute atomic E-state index is 0.264. The Morgan fingerprint density at radius 1 is 1.08 bits per heavy atom. The average molecular weight is 552 g/mol. The second-order valence-electron chi connectivity index (χ2n) is 9.07. The van der Waals surface area contributed by atoms with E-state index in [0.29, 0.717) is 58.5 Å². The standard InChI is InChI=1S/C29H37N5O4S/c1-6-9-16-38-23-15-14-20(18-24(23)37-8-3)26-25(27(35)31-21-12-10-11-13-22(21)36-5)19(4)30-28-32-29(33-34(26)28)39-17-7-2/h10-15,18,26H,6-9,16-17H2,1-5H3,(H,31,35)(H,30,32,33). The molecule has 2 aromatic carbocycles. The molecule has 1 unspecified atom stereocenters. The van der Waals surface area contributed by atoms with Gasteiger partial charge in [0.1, 0.15) is 11.8 Å². The smallest absolute Gasteiger partial charge is 0.255 e. The molecule has 0 radical (unpaired) electrons. The van der Waals surface area contributed by atoms with E-state index in [-0.39, 0.29) is 5.91 Å². The van der Waals surface area contributed by atoms with Crippen molar-refractivity contribution in [2.24, 2.45) is 0 Å². The summed E-state index contributed by atoms with van der Waals surface area (Å²) in [6.45, 7) is 9.17. The molecule has 3 aromatic rings. The number of hydrogen-bond donors (Lipinski definition) is 2. The van der Waals surface area contributed by atoms with E-state index in [2.05, 4.69) is 24.5 Å². The lowest BCUT2D eigenvalue weighted by atomic mass is 9.94. The lowest BCUT2D eigenvalue weighted by Gasteiger charge is -2.29. The molecule has 1 amide bonds. The van der Waals surface area contributed by atoms with Crippen LogP contribution in [0.1, 0.15) is 58.6 Å². The van der Waals surface area contributed by atoms with Crippen LogP contribution < -0.4 is 24.8 Å². The highest BCUT2D eigenvalue weighted by molar-refractivity contribution is 7.99. The highest BCUT2D eigenvalue weighted by atomic mass is 32.2. The molecule has 1 aliphatic heterocycles. The van der Waals surface area contributed by atoms with Crippen LogP contribution in [0.3, 0.4) is 0 Å². The third-order valence-electron chi connectivity index (χ3n) is 6.21. The fraction of sp³-hybridized carbons (Fsp3) is 0.414. The number of para-hydroxylation sites is 2. The maximum atomic E-state index is 13.9. The van der Waals surface area contributed by atoms with E-state index in [4.69, 9.17) is 24.3 Å². The summed E-state index contributed by atoms with van der Waals surface area (Å²) in [5.74, 6) is 3.12. The predicted octanol–water partition coefficient (Wildman–Crippen LogP) is 6.29. The van der Waals surface area contributed by atoms with Gasteiger partial charge < -0.3 is 24.8 Å². The van der Waals surface area contributed by atoms with Crippen LogP contribution in [0.4, 0.5) is 11.6 Å². The van der Waals surface area contributed by atoms with Crippen LogP contribution in [0, 0.1) is 0 Å². The molecule has 208 valence electrons. The number of thioether (sulfide) groups is 1. The second-order valence-corrected chi connectivity index (χ2v) is 10.1. The first kappa shape index (κ1) is 28.4. The van der Waals surface area contributed by atoms with Crippen molar-refractivity contribution >= 4 is 29.3 Å². The molecule has 1 atom stereocenters. The zero-order chi connectivity index (χ0) is 27.8. The van der Waals surface area contributed by atoms with Gasteiger partial charge in [-0.1, -0.05) is 50.2 Å². The first-order valence-electron chi connectivity index (χ1n) is 13.4. The zero-order valence-corrected chi connectivity index (χ0v) is 24.1. The van der Waals surface area contributed by atoms with Crippen molar-refractivity contribution in [2.75, 3.05) is 36.7 Å². The summed E-state index contributed by atoms with van der Waals surface area (Å²) in [7, 11) is 1.58. The molecule has 10 heteroatoms. The van der Waals surface area contributed by atoms with E-state index in [1.807, 2.05) is 56.3 Å². The minimum Gasteiger partial charge on any atom is -0.495 e. The van der Waals surface area contributed by atoms with Gasteiger partial charge in [-0.3, -0.25) is 4.79 Å². The van der Waals surface area contributed by atoms with E-state index in [9.17, 15) is 4.79 Å². The summed E-state index contributed by atoms with van der Waals surface area (Å²) in [5, 5.41) is 11.8. The number of anilines is 2. The van der Waals surface area contributed by atoms with Gasteiger partial charge in [0.2, 0.25) is 11.1 Å². The van der Waals surface area contributed by atoms with E-state index in [0.717, 1.165) is 30.6 Å². The number of hydrogen-bond acceptors (Lipinski definition) is 8. The van der Waals surface area contributed by atoms with Crippen molar-refractivity contribution in [3.8, 4) is 17.2 Å². The van der Waals surface area contributed by atoms with Crippen LogP contribution in [0.15, 0.2) is 58.9 Å². The lowest BCUT2D eigenvalue weighted by molar-refractivity contribution is -0.113. The number of unbranched alkanes of at least 4 members (excludes halogenated alkanes) is 1. The van der Waals surface area contributed by atoms with E-state index >= 15 is 0 Å². The summed E-state index contributed by atoms with van der Waals surface area (Å²) in [4.78, 5) is 18.6. The number of amides is 1. The van der Waals surface area contributed by atoms with Gasteiger partial charge in [0.05, 0.1) is 31.6 Å². The number of carbonyl (C=O) groups is 1. The van der Waals surface area contributed by atoms with Crippen LogP contribution >= 0.6 is 11.8 Å². The number of carbonyl (C=O) groups excluding carboxylic acids is 1. The van der Waals surface area contributed by atoms with Gasteiger partial charge in [0.25, 0.3) is 5.91 Å². The molecule has 2 N–H and O–H groups in total. The Morgan fingerprint density at radius 2 is 1.90 bits per heavy atom. The maximum Gasteiger partial charge on any atom is 0.255 e. The third-order valence-corrected chi connectivity index (χ3v) is 7.25. The SMILES string of the molecule is CCCCOc1ccc(C2C(C(=O)Nc3ccccc3OC)=C(C)Nc3nc(SCCC)nn32)cc1OCC. The van der Waals surface area contributed by atoms with Crippen molar-refractivity contribution in [1.82, 2.24) is 14.8 Å². The fourth-order valence-electron chi connectivity index (χ4n) is 4.33. The van der Waals surface area contributed by atoms with Crippen LogP contribution in [-0.4, -0.2) is 46.7 Å². The number of ether oxygens (including phenoxy) is 3. The van der Waals surface area contributed by atoms with Crippen LogP contribution in [0.2, 0.25) is 0 Å². The summed E-state index contributed by atoms with van der Waals surface area (Å²) in [6.07, 6.45) is 3.00. The van der Waals surface area contributed by atoms with Crippen molar-refractivity contribution in [3.63, 3.8) is 0 Å². The largest absolute Gasteiger partial charge is 0.495 e. The molecule has 2 heterocycles. The molecular formula is C29H37N5O4S. The van der Waals surface area contributed by atoms with Crippen LogP contribution in [0.25, 0.3) is 0 Å². The molecule has 0 spiro atoms. The third kappa shape index (κ3) is 6.50. The van der Waals surface area contributed by atoms with Gasteiger partial charge in [-0.05, 0) is 56.5 Å². The Balaban J connectivity index is 1.77. The van der Waals surface area contributed by atoms with Crippen LogP contribution in [-0.2, 0) is 4.79 Å². The number of nitrogens with zero attached hydrogens (tertiary/aromatic N) is 3. The van der Waals surface area contributed by atoms with Gasteiger partial charge in [-0.2, -0.15) is 4.98 Å². The van der Waals surface area contributed by atoms with E-state index < -0.39 is 6.04 Å². The summed E-state index contributed by atoms with van der Waals surface area (Å²) in [6, 6.07) is 12.6. The number of aromatic nitrogens is 3. The van der Waals surface area contributed by atoms with Gasteiger partial charge in [0, 0.05) is 11.4 Å². The normalized spacial score (nSPS) is 14.4. The zero-order valence-electron chi connectivity index (χ0n) is 23.2. The number of nitrogens with one attached hydrogen (secondary N) is 2. The Hall–Kier alpha value is -3.66. The van der Waals surface area contributed by atoms with Crippen molar-refractivity contribution < 1.29 is 19.0 Å². The molecule has 0 saturated heterocycles. The maximum absolute atomic E-state index is 13.9. The van der Waals surface area contributed by atoms with Crippen molar-refractivity contribution in [3.05, 3.63) is 59.3 Å². The Kier molecular flexibility index (Phi) is 9.75. The van der Waals surface area contributed by atoms with E-state index in [1.54, 1.807) is 23.6 Å². The average Bonchev–Trinajstić information content (AvgIpc) is 3.34. The van der Waals surface area contributed by atoms with E-state index in [1.165, 1.54) is 0 Å². The molecule has 1 aromatic heterocycles. The minimum atomic E-state index is -0.539. The molecule has 9 nitrogen and oxygen atoms in total. The van der Waals surface area contributed by atoms with Crippen LogP contribution in [0.5, 0.6) is 17.2 Å². The topological polar surface area (TPSA) is 99.5 Å². The predicted molar refractivity (Wildman–Crippen MR) is 155 cm³/mol. The van der Waals surface area contributed by atoms with Crippen molar-refractivity contribution in [1.29, 1.82) is 0 Å². The summed E-state index contributed by atoms with van der Waals surface area (Å²) in [5.41, 5.74) is 2.64. The number of rotatable bonds is 13. The van der Waals surface area contributed by atoms with Gasteiger partial charge in [-0.25, -0.2) is 4.68 Å². The van der Waals surface area contributed by atoms with Gasteiger partial charge >= 0.3 is 0 Å². The number of benzene rings is 2. The van der Waals surface area contributed by atoms with Crippen molar-refractivity contribution in [2.45, 2.75) is 58.2 Å². The van der Waals surface area contributed by atoms with Gasteiger partial charge in [0.15, 0.2) is 11.5 Å². The molecule has 1 aliphatic rings. The molecule has 39 heavy (non-hydrogen) atoms. The fourth-order valence-corrected chi connectivity index (χ4v) is 5.02. The molecule has 0 fully saturated rings. The van der Waals surface area contributed by atoms with Gasteiger partial charge in [-0.15, -0.1) is 5.10 Å². The molecule has 0 saturated carbocycles. The highest BCUT2D eigenvalue weighted by Gasteiger charge is 2.35. The quantitative estimate of drug-likeness (QED) is 0.189. The molecule has 0 aliphatic carbocycles. The number of methoxy groups -OCH3 is 1. The summed E-state index contributed by atoms with van der Waals surface area (Å²) < 4.78 is 19.2. The highest BCUT2D eigenvalue weighted by Crippen LogP contribution is 2.40. The molecule has 0 bridgehead atoms. The second kappa shape index (κ2) is 13.4. The molecular weight excluding hydrogens is 514 g/mol. The Labute approximate surface area is 234 Å². The number of fused-ring (bicyclic) bond motifs is 1. The summed E-state index contributed by atoms with van der Waals surface area (Å²) >= 11 is 1.59. The monoisotopic (exact) mass is 551 g/mol. The first-order valence-corrected chi connectivity index (χ1v) is 14.4. The number of allylic oxidation sites excluding steroid dienone is 1. The Bertz CT molecular complexity index is 1320. The Morgan fingerprint density at radius 3 is 2.64 bits per heavy atom. The first-order chi connectivity index (χ1) is 19.0.